The topological polar surface area (TPSA) is 17.1 Å². The Hall–Kier alpha value is -0.680. The summed E-state index contributed by atoms with van der Waals surface area (Å²) in [6.07, 6.45) is 4.74. The Morgan fingerprint density at radius 3 is 2.69 bits per heavy atom. The molecule has 0 heterocycles. The van der Waals surface area contributed by atoms with Crippen molar-refractivity contribution in [2.45, 2.75) is 32.6 Å². The van der Waals surface area contributed by atoms with E-state index in [0.717, 1.165) is 11.7 Å². The smallest absolute Gasteiger partial charge is 0.192 e. The molecular formula is C11H15OP. The van der Waals surface area contributed by atoms with Gasteiger partial charge in [0.2, 0.25) is 0 Å². The Morgan fingerprint density at radius 2 is 2.00 bits per heavy atom. The maximum Gasteiger partial charge on any atom is 0.192 e. The molecule has 0 saturated carbocycles. The zero-order chi connectivity index (χ0) is 9.52. The van der Waals surface area contributed by atoms with Crippen LogP contribution in [-0.2, 0) is 11.0 Å². The molecular weight excluding hydrogens is 179 g/mol. The van der Waals surface area contributed by atoms with Gasteiger partial charge in [-0.05, 0) is 24.5 Å². The molecule has 0 radical (unpaired) electrons. The molecule has 0 aliphatic heterocycles. The molecule has 1 aromatic carbocycles. The lowest BCUT2D eigenvalue weighted by Crippen LogP contribution is -2.01. The molecule has 0 aromatic heterocycles. The maximum absolute atomic E-state index is 10.8. The first kappa shape index (κ1) is 10.4. The molecule has 1 aromatic rings. The number of benzene rings is 1. The highest BCUT2D eigenvalue weighted by molar-refractivity contribution is 7.34. The van der Waals surface area contributed by atoms with Crippen LogP contribution in [0, 0.1) is 0 Å². The van der Waals surface area contributed by atoms with E-state index in [9.17, 15) is 4.57 Å². The van der Waals surface area contributed by atoms with Crippen LogP contribution in [0.25, 0.3) is 0 Å². The zero-order valence-corrected chi connectivity index (χ0v) is 8.89. The second-order valence-corrected chi connectivity index (χ2v) is 3.84. The van der Waals surface area contributed by atoms with Crippen LogP contribution in [0.3, 0.4) is 0 Å². The summed E-state index contributed by atoms with van der Waals surface area (Å²) in [6.45, 7) is 2.19. The third-order valence-electron chi connectivity index (χ3n) is 2.14. The second kappa shape index (κ2) is 5.88. The average molecular weight is 194 g/mol. The third kappa shape index (κ3) is 3.28. The minimum absolute atomic E-state index is 0.147. The summed E-state index contributed by atoms with van der Waals surface area (Å²) < 4.78 is 10.8. The van der Waals surface area contributed by atoms with Gasteiger partial charge in [0.1, 0.15) is 0 Å². The van der Waals surface area contributed by atoms with Gasteiger partial charge in [0.25, 0.3) is 0 Å². The lowest BCUT2D eigenvalue weighted by Gasteiger charge is -2.02. The normalized spacial score (nSPS) is 10.5. The fraction of sp³-hybridized carbons (Fsp3) is 0.455. The Morgan fingerprint density at radius 1 is 1.23 bits per heavy atom. The van der Waals surface area contributed by atoms with E-state index >= 15 is 0 Å². The van der Waals surface area contributed by atoms with Crippen LogP contribution in [0.1, 0.15) is 31.7 Å². The van der Waals surface area contributed by atoms with Gasteiger partial charge in [-0.1, -0.05) is 38.0 Å². The first-order valence-corrected chi connectivity index (χ1v) is 5.61. The fourth-order valence-corrected chi connectivity index (χ4v) is 1.83. The standard InChI is InChI=1S/C11H15OP/c1-2-3-4-7-10-8-5-6-9-11(10)13-12/h5-6,8-9H,2-4,7H2,1H3. The van der Waals surface area contributed by atoms with Gasteiger partial charge in [-0.15, -0.1) is 0 Å². The van der Waals surface area contributed by atoms with Gasteiger partial charge in [0.15, 0.2) is 8.46 Å². The molecule has 0 fully saturated rings. The molecule has 0 spiro atoms. The van der Waals surface area contributed by atoms with Gasteiger partial charge in [-0.25, -0.2) is 0 Å². The van der Waals surface area contributed by atoms with Gasteiger partial charge in [-0.3, -0.25) is 4.57 Å². The molecule has 0 amide bonds. The monoisotopic (exact) mass is 194 g/mol. The Bertz CT molecular complexity index is 271. The van der Waals surface area contributed by atoms with Crippen LogP contribution >= 0.6 is 8.46 Å². The van der Waals surface area contributed by atoms with Crippen molar-refractivity contribution >= 4 is 13.8 Å². The number of aryl methyl sites for hydroxylation is 1. The first-order valence-electron chi connectivity index (χ1n) is 4.79. The van der Waals surface area contributed by atoms with Crippen molar-refractivity contribution in [1.82, 2.24) is 0 Å². The molecule has 2 heteroatoms. The van der Waals surface area contributed by atoms with Crippen LogP contribution < -0.4 is 5.30 Å². The Labute approximate surface area is 81.4 Å². The molecule has 13 heavy (non-hydrogen) atoms. The van der Waals surface area contributed by atoms with E-state index in [-0.39, 0.29) is 8.46 Å². The number of hydrogen-bond donors (Lipinski definition) is 0. The minimum atomic E-state index is 0.147. The van der Waals surface area contributed by atoms with Gasteiger partial charge >= 0.3 is 0 Å². The predicted octanol–water partition coefficient (Wildman–Crippen LogP) is 3.34. The van der Waals surface area contributed by atoms with Gasteiger partial charge in [-0.2, -0.15) is 0 Å². The number of rotatable bonds is 5. The summed E-state index contributed by atoms with van der Waals surface area (Å²) in [4.78, 5) is 0. The van der Waals surface area contributed by atoms with Crippen molar-refractivity contribution in [3.05, 3.63) is 29.8 Å². The molecule has 0 aliphatic rings. The predicted molar refractivity (Wildman–Crippen MR) is 56.9 cm³/mol. The summed E-state index contributed by atoms with van der Waals surface area (Å²) in [5.41, 5.74) is 1.23. The average Bonchev–Trinajstić information content (AvgIpc) is 2.19. The lowest BCUT2D eigenvalue weighted by molar-refractivity contribution is 0.603. The van der Waals surface area contributed by atoms with E-state index in [1.54, 1.807) is 0 Å². The van der Waals surface area contributed by atoms with Crippen LogP contribution in [0.2, 0.25) is 0 Å². The van der Waals surface area contributed by atoms with E-state index in [4.69, 9.17) is 0 Å². The fourth-order valence-electron chi connectivity index (χ4n) is 1.38. The summed E-state index contributed by atoms with van der Waals surface area (Å²) in [5.74, 6) is 0. The van der Waals surface area contributed by atoms with Crippen LogP contribution in [0.4, 0.5) is 0 Å². The second-order valence-electron chi connectivity index (χ2n) is 3.18. The maximum atomic E-state index is 10.8. The summed E-state index contributed by atoms with van der Waals surface area (Å²) in [6, 6.07) is 7.94. The molecule has 1 rings (SSSR count). The summed E-state index contributed by atoms with van der Waals surface area (Å²) in [5, 5.41) is 0.943. The molecule has 0 aliphatic carbocycles. The van der Waals surface area contributed by atoms with E-state index in [1.165, 1.54) is 24.8 Å². The lowest BCUT2D eigenvalue weighted by atomic mass is 10.1. The van der Waals surface area contributed by atoms with Crippen LogP contribution in [0.15, 0.2) is 24.3 Å². The zero-order valence-electron chi connectivity index (χ0n) is 7.99. The van der Waals surface area contributed by atoms with Crippen LogP contribution in [0.5, 0.6) is 0 Å². The van der Waals surface area contributed by atoms with E-state index in [0.29, 0.717) is 0 Å². The quantitative estimate of drug-likeness (QED) is 0.519. The Balaban J connectivity index is 2.59. The van der Waals surface area contributed by atoms with Crippen molar-refractivity contribution in [1.29, 1.82) is 0 Å². The molecule has 0 N–H and O–H groups in total. The largest absolute Gasteiger partial charge is 0.269 e. The molecule has 0 unspecified atom stereocenters. The van der Waals surface area contributed by atoms with Crippen LogP contribution in [-0.4, -0.2) is 0 Å². The SMILES string of the molecule is CCCCCc1ccccc1P=O. The molecule has 1 nitrogen and oxygen atoms in total. The van der Waals surface area contributed by atoms with E-state index in [1.807, 2.05) is 18.2 Å². The van der Waals surface area contributed by atoms with Gasteiger partial charge < -0.3 is 0 Å². The molecule has 0 saturated heterocycles. The number of hydrogen-bond acceptors (Lipinski definition) is 1. The molecule has 0 atom stereocenters. The first-order chi connectivity index (χ1) is 6.38. The number of unbranched alkanes of at least 4 members (excludes halogenated alkanes) is 2. The van der Waals surface area contributed by atoms with Crippen molar-refractivity contribution < 1.29 is 4.57 Å². The highest BCUT2D eigenvalue weighted by Gasteiger charge is 1.99. The van der Waals surface area contributed by atoms with Crippen molar-refractivity contribution in [2.75, 3.05) is 0 Å². The highest BCUT2D eigenvalue weighted by atomic mass is 31.1. The van der Waals surface area contributed by atoms with Gasteiger partial charge in [0, 0.05) is 5.30 Å². The van der Waals surface area contributed by atoms with Crippen molar-refractivity contribution in [3.63, 3.8) is 0 Å². The van der Waals surface area contributed by atoms with Crippen molar-refractivity contribution in [3.8, 4) is 0 Å². The van der Waals surface area contributed by atoms with E-state index < -0.39 is 0 Å². The summed E-state index contributed by atoms with van der Waals surface area (Å²) >= 11 is 0. The molecule has 0 bridgehead atoms. The Kier molecular flexibility index (Phi) is 4.70. The molecule has 70 valence electrons. The van der Waals surface area contributed by atoms with Gasteiger partial charge in [0.05, 0.1) is 0 Å². The highest BCUT2D eigenvalue weighted by Crippen LogP contribution is 2.08. The van der Waals surface area contributed by atoms with E-state index in [2.05, 4.69) is 13.0 Å². The minimum Gasteiger partial charge on any atom is -0.269 e. The third-order valence-corrected chi connectivity index (χ3v) is 2.77. The summed E-state index contributed by atoms with van der Waals surface area (Å²) in [7, 11) is 0.147. The van der Waals surface area contributed by atoms with Crippen molar-refractivity contribution in [2.24, 2.45) is 0 Å².